The van der Waals surface area contributed by atoms with Gasteiger partial charge in [0.15, 0.2) is 5.96 Å². The van der Waals surface area contributed by atoms with Gasteiger partial charge in [0.05, 0.1) is 13.2 Å². The fraction of sp³-hybridized carbons (Fsp3) is 0.533. The van der Waals surface area contributed by atoms with E-state index in [1.54, 1.807) is 0 Å². The van der Waals surface area contributed by atoms with Crippen molar-refractivity contribution in [3.63, 3.8) is 0 Å². The molecule has 0 aromatic heterocycles. The van der Waals surface area contributed by atoms with Crippen LogP contribution in [0.1, 0.15) is 38.2 Å². The van der Waals surface area contributed by atoms with E-state index in [1.165, 1.54) is 5.56 Å². The average Bonchev–Trinajstić information content (AvgIpc) is 3.17. The Hall–Kier alpha value is -1.55. The van der Waals surface area contributed by atoms with Gasteiger partial charge in [-0.2, -0.15) is 0 Å². The number of anilines is 1. The summed E-state index contributed by atoms with van der Waals surface area (Å²) in [5.74, 6) is 0.907. The quantitative estimate of drug-likeness (QED) is 0.562. The van der Waals surface area contributed by atoms with E-state index in [4.69, 9.17) is 5.73 Å². The predicted octanol–water partition coefficient (Wildman–Crippen LogP) is 2.31. The Morgan fingerprint density at radius 2 is 2.21 bits per heavy atom. The van der Waals surface area contributed by atoms with E-state index in [-0.39, 0.29) is 12.0 Å². The summed E-state index contributed by atoms with van der Waals surface area (Å²) in [6.07, 6.45) is 2.09. The number of hydrogen-bond acceptors (Lipinski definition) is 2. The van der Waals surface area contributed by atoms with Crippen molar-refractivity contribution in [1.82, 2.24) is 0 Å². The van der Waals surface area contributed by atoms with E-state index in [0.29, 0.717) is 18.4 Å². The number of nitrogens with two attached hydrogens (primary N) is 1. The van der Waals surface area contributed by atoms with Crippen LogP contribution >= 0.6 is 0 Å². The van der Waals surface area contributed by atoms with E-state index >= 15 is 0 Å². The van der Waals surface area contributed by atoms with Crippen LogP contribution in [-0.4, -0.2) is 24.2 Å². The zero-order valence-electron chi connectivity index (χ0n) is 11.7. The number of aliphatic imine (C=N–C) groups is 1. The fourth-order valence-electron chi connectivity index (χ4n) is 1.96. The molecule has 0 bridgehead atoms. The summed E-state index contributed by atoms with van der Waals surface area (Å²) >= 11 is 0. The standard InChI is InChI=1S/C15H23N3O/c1-11(2)12-4-3-5-13(8-12)18-14(16)17-9-15(10-19)6-7-15/h3-5,8,11,19H,6-7,9-10H2,1-2H3,(H3,16,17,18). The molecule has 4 N–H and O–H groups in total. The molecular weight excluding hydrogens is 238 g/mol. The van der Waals surface area contributed by atoms with Crippen molar-refractivity contribution in [3.05, 3.63) is 29.8 Å². The van der Waals surface area contributed by atoms with Gasteiger partial charge in [-0.25, -0.2) is 0 Å². The first kappa shape index (κ1) is 13.9. The van der Waals surface area contributed by atoms with Crippen molar-refractivity contribution >= 4 is 11.6 Å². The molecule has 0 heterocycles. The molecule has 2 rings (SSSR count). The van der Waals surface area contributed by atoms with Crippen molar-refractivity contribution < 1.29 is 5.11 Å². The van der Waals surface area contributed by atoms with E-state index in [9.17, 15) is 5.11 Å². The number of nitrogens with one attached hydrogen (secondary N) is 1. The van der Waals surface area contributed by atoms with Crippen molar-refractivity contribution in [2.45, 2.75) is 32.6 Å². The Bertz CT molecular complexity index is 464. The Kier molecular flexibility index (Phi) is 4.10. The molecule has 0 atom stereocenters. The highest BCUT2D eigenvalue weighted by Gasteiger charge is 2.41. The highest BCUT2D eigenvalue weighted by molar-refractivity contribution is 5.92. The maximum Gasteiger partial charge on any atom is 0.193 e. The molecule has 19 heavy (non-hydrogen) atoms. The summed E-state index contributed by atoms with van der Waals surface area (Å²) in [5, 5.41) is 12.3. The molecule has 0 aliphatic heterocycles. The maximum atomic E-state index is 9.23. The predicted molar refractivity (Wildman–Crippen MR) is 79.4 cm³/mol. The number of aliphatic hydroxyl groups excluding tert-OH is 1. The summed E-state index contributed by atoms with van der Waals surface area (Å²) in [5.41, 5.74) is 8.11. The van der Waals surface area contributed by atoms with Gasteiger partial charge in [-0.05, 0) is 36.5 Å². The second-order valence-electron chi connectivity index (χ2n) is 5.76. The van der Waals surface area contributed by atoms with Crippen LogP contribution in [0.15, 0.2) is 29.3 Å². The lowest BCUT2D eigenvalue weighted by molar-refractivity contribution is 0.217. The minimum Gasteiger partial charge on any atom is -0.396 e. The summed E-state index contributed by atoms with van der Waals surface area (Å²) in [6.45, 7) is 5.13. The van der Waals surface area contributed by atoms with Gasteiger partial charge in [-0.1, -0.05) is 26.0 Å². The normalized spacial score (nSPS) is 17.6. The first-order valence-corrected chi connectivity index (χ1v) is 6.82. The number of benzene rings is 1. The number of hydrogen-bond donors (Lipinski definition) is 3. The molecule has 1 aliphatic rings. The van der Waals surface area contributed by atoms with Gasteiger partial charge in [-0.15, -0.1) is 0 Å². The maximum absolute atomic E-state index is 9.23. The van der Waals surface area contributed by atoms with Crippen LogP contribution in [0.2, 0.25) is 0 Å². The largest absolute Gasteiger partial charge is 0.396 e. The van der Waals surface area contributed by atoms with Gasteiger partial charge in [0.25, 0.3) is 0 Å². The lowest BCUT2D eigenvalue weighted by atomic mass is 10.0. The summed E-state index contributed by atoms with van der Waals surface area (Å²) in [6, 6.07) is 8.19. The molecule has 1 aromatic rings. The SMILES string of the molecule is CC(C)c1cccc(NC(N)=NCC2(CO)CC2)c1. The summed E-state index contributed by atoms with van der Waals surface area (Å²) in [4.78, 5) is 4.32. The third-order valence-corrected chi connectivity index (χ3v) is 3.70. The Morgan fingerprint density at radius 1 is 1.47 bits per heavy atom. The minimum absolute atomic E-state index is 0.00603. The third-order valence-electron chi connectivity index (χ3n) is 3.70. The van der Waals surface area contributed by atoms with Gasteiger partial charge < -0.3 is 16.2 Å². The van der Waals surface area contributed by atoms with Gasteiger partial charge in [0.2, 0.25) is 0 Å². The lowest BCUT2D eigenvalue weighted by Crippen LogP contribution is -2.24. The highest BCUT2D eigenvalue weighted by atomic mass is 16.3. The molecule has 0 saturated heterocycles. The number of nitrogens with zero attached hydrogens (tertiary/aromatic N) is 1. The van der Waals surface area contributed by atoms with Gasteiger partial charge in [0.1, 0.15) is 0 Å². The molecule has 104 valence electrons. The second-order valence-corrected chi connectivity index (χ2v) is 5.76. The van der Waals surface area contributed by atoms with Crippen LogP contribution in [0.4, 0.5) is 5.69 Å². The number of aliphatic hydroxyl groups is 1. The molecule has 4 nitrogen and oxygen atoms in total. The van der Waals surface area contributed by atoms with Gasteiger partial charge in [-0.3, -0.25) is 4.99 Å². The molecular formula is C15H23N3O. The fourth-order valence-corrected chi connectivity index (χ4v) is 1.96. The Labute approximate surface area is 114 Å². The number of guanidine groups is 1. The molecule has 1 fully saturated rings. The Morgan fingerprint density at radius 3 is 2.79 bits per heavy atom. The van der Waals surface area contributed by atoms with Gasteiger partial charge in [0, 0.05) is 11.1 Å². The Balaban J connectivity index is 1.96. The summed E-state index contributed by atoms with van der Waals surface area (Å²) < 4.78 is 0. The molecule has 1 aliphatic carbocycles. The van der Waals surface area contributed by atoms with E-state index in [0.717, 1.165) is 18.5 Å². The molecule has 0 amide bonds. The molecule has 0 unspecified atom stereocenters. The van der Waals surface area contributed by atoms with Crippen molar-refractivity contribution in [1.29, 1.82) is 0 Å². The second kappa shape index (κ2) is 5.61. The minimum atomic E-state index is 0.00603. The average molecular weight is 261 g/mol. The smallest absolute Gasteiger partial charge is 0.193 e. The molecule has 4 heteroatoms. The van der Waals surface area contributed by atoms with Crippen LogP contribution in [0, 0.1) is 5.41 Å². The van der Waals surface area contributed by atoms with Gasteiger partial charge >= 0.3 is 0 Å². The molecule has 0 spiro atoms. The van der Waals surface area contributed by atoms with E-state index in [2.05, 4.69) is 36.3 Å². The zero-order valence-corrected chi connectivity index (χ0v) is 11.7. The van der Waals surface area contributed by atoms with E-state index < -0.39 is 0 Å². The molecule has 1 saturated carbocycles. The van der Waals surface area contributed by atoms with Crippen molar-refractivity contribution in [2.75, 3.05) is 18.5 Å². The van der Waals surface area contributed by atoms with Crippen LogP contribution in [0.5, 0.6) is 0 Å². The van der Waals surface area contributed by atoms with Crippen molar-refractivity contribution in [3.8, 4) is 0 Å². The van der Waals surface area contributed by atoms with E-state index in [1.807, 2.05) is 12.1 Å². The molecule has 1 aromatic carbocycles. The van der Waals surface area contributed by atoms with Crippen LogP contribution < -0.4 is 11.1 Å². The first-order valence-electron chi connectivity index (χ1n) is 6.82. The van der Waals surface area contributed by atoms with Crippen LogP contribution in [0.3, 0.4) is 0 Å². The van der Waals surface area contributed by atoms with Crippen LogP contribution in [0.25, 0.3) is 0 Å². The topological polar surface area (TPSA) is 70.6 Å². The monoisotopic (exact) mass is 261 g/mol. The third kappa shape index (κ3) is 3.70. The van der Waals surface area contributed by atoms with Crippen molar-refractivity contribution in [2.24, 2.45) is 16.1 Å². The lowest BCUT2D eigenvalue weighted by Gasteiger charge is -2.11. The van der Waals surface area contributed by atoms with Crippen LogP contribution in [-0.2, 0) is 0 Å². The summed E-state index contributed by atoms with van der Waals surface area (Å²) in [7, 11) is 0. The zero-order chi connectivity index (χ0) is 13.9. The first-order chi connectivity index (χ1) is 9.04. The number of rotatable bonds is 5. The molecule has 0 radical (unpaired) electrons. The highest BCUT2D eigenvalue weighted by Crippen LogP contribution is 2.45.